The molecular weight excluding hydrogens is 198 g/mol. The van der Waals surface area contributed by atoms with Gasteiger partial charge in [-0.3, -0.25) is 9.59 Å². The van der Waals surface area contributed by atoms with Gasteiger partial charge < -0.3 is 10.1 Å². The van der Waals surface area contributed by atoms with Crippen LogP contribution in [0.4, 0.5) is 5.82 Å². The van der Waals surface area contributed by atoms with Crippen LogP contribution in [0.3, 0.4) is 0 Å². The van der Waals surface area contributed by atoms with Gasteiger partial charge in [0, 0.05) is 6.20 Å². The highest BCUT2D eigenvalue weighted by Gasteiger charge is 2.06. The van der Waals surface area contributed by atoms with Gasteiger partial charge in [-0.05, 0) is 13.0 Å². The number of carbonyl (C=O) groups is 2. The van der Waals surface area contributed by atoms with Crippen molar-refractivity contribution in [3.63, 3.8) is 0 Å². The Morgan fingerprint density at radius 2 is 2.47 bits per heavy atom. The first-order valence-corrected chi connectivity index (χ1v) is 4.44. The Labute approximate surface area is 86.7 Å². The number of hydrogen-bond donors (Lipinski definition) is 1. The van der Waals surface area contributed by atoms with E-state index >= 15 is 0 Å². The van der Waals surface area contributed by atoms with E-state index in [9.17, 15) is 9.59 Å². The van der Waals surface area contributed by atoms with Crippen LogP contribution in [0.15, 0.2) is 12.3 Å². The van der Waals surface area contributed by atoms with Crippen LogP contribution in [0.1, 0.15) is 12.7 Å². The van der Waals surface area contributed by atoms with Gasteiger partial charge in [0.25, 0.3) is 0 Å². The first kappa shape index (κ1) is 11.1. The third-order valence-corrected chi connectivity index (χ3v) is 1.52. The minimum atomic E-state index is -0.388. The van der Waals surface area contributed by atoms with E-state index in [0.29, 0.717) is 24.7 Å². The van der Waals surface area contributed by atoms with E-state index in [0.717, 1.165) is 0 Å². The van der Waals surface area contributed by atoms with Gasteiger partial charge in [0.15, 0.2) is 0 Å². The van der Waals surface area contributed by atoms with Crippen LogP contribution in [-0.4, -0.2) is 29.0 Å². The van der Waals surface area contributed by atoms with Gasteiger partial charge in [0.2, 0.25) is 6.41 Å². The molecule has 1 N–H and O–H groups in total. The third-order valence-electron chi connectivity index (χ3n) is 1.52. The zero-order valence-corrected chi connectivity index (χ0v) is 8.27. The number of esters is 1. The molecule has 80 valence electrons. The van der Waals surface area contributed by atoms with Gasteiger partial charge in [-0.15, -0.1) is 0 Å². The Bertz CT molecular complexity index is 354. The number of rotatable bonds is 5. The van der Waals surface area contributed by atoms with E-state index in [4.69, 9.17) is 4.74 Å². The maximum absolute atomic E-state index is 11.1. The van der Waals surface area contributed by atoms with Crippen molar-refractivity contribution in [2.75, 3.05) is 11.9 Å². The van der Waals surface area contributed by atoms with Gasteiger partial charge >= 0.3 is 5.97 Å². The second-order valence-corrected chi connectivity index (χ2v) is 2.60. The molecule has 1 aromatic heterocycles. The molecule has 0 spiro atoms. The van der Waals surface area contributed by atoms with E-state index in [1.54, 1.807) is 6.92 Å². The Morgan fingerprint density at radius 3 is 3.13 bits per heavy atom. The molecule has 0 radical (unpaired) electrons. The monoisotopic (exact) mass is 209 g/mol. The van der Waals surface area contributed by atoms with E-state index in [1.165, 1.54) is 12.3 Å². The fourth-order valence-electron chi connectivity index (χ4n) is 0.966. The zero-order valence-electron chi connectivity index (χ0n) is 8.27. The first-order chi connectivity index (χ1) is 7.26. The second kappa shape index (κ2) is 5.69. The van der Waals surface area contributed by atoms with Crippen molar-refractivity contribution in [3.05, 3.63) is 18.1 Å². The van der Waals surface area contributed by atoms with Gasteiger partial charge in [-0.25, -0.2) is 9.97 Å². The minimum absolute atomic E-state index is 0.00220. The topological polar surface area (TPSA) is 81.2 Å². The standard InChI is InChI=1S/C9H11N3O3/c1-2-15-9(14)5-8-10-4-3-7(12-8)11-6-13/h3-4,6H,2,5H2,1H3,(H,10,11,12,13). The Hall–Kier alpha value is -1.98. The molecule has 15 heavy (non-hydrogen) atoms. The number of amides is 1. The smallest absolute Gasteiger partial charge is 0.313 e. The summed E-state index contributed by atoms with van der Waals surface area (Å²) in [7, 11) is 0. The highest BCUT2D eigenvalue weighted by atomic mass is 16.5. The van der Waals surface area contributed by atoms with Crippen molar-refractivity contribution in [1.82, 2.24) is 9.97 Å². The average molecular weight is 209 g/mol. The number of hydrogen-bond acceptors (Lipinski definition) is 5. The fourth-order valence-corrected chi connectivity index (χ4v) is 0.966. The second-order valence-electron chi connectivity index (χ2n) is 2.60. The third kappa shape index (κ3) is 3.72. The lowest BCUT2D eigenvalue weighted by Gasteiger charge is -2.02. The number of aromatic nitrogens is 2. The molecule has 1 aromatic rings. The van der Waals surface area contributed by atoms with Gasteiger partial charge in [0.05, 0.1) is 6.61 Å². The van der Waals surface area contributed by atoms with E-state index in [2.05, 4.69) is 15.3 Å². The van der Waals surface area contributed by atoms with Crippen LogP contribution in [0.5, 0.6) is 0 Å². The molecule has 0 saturated carbocycles. The first-order valence-electron chi connectivity index (χ1n) is 4.44. The molecule has 0 bridgehead atoms. The molecule has 0 saturated heterocycles. The molecule has 6 nitrogen and oxygen atoms in total. The van der Waals surface area contributed by atoms with Gasteiger partial charge in [-0.2, -0.15) is 0 Å². The molecule has 0 fully saturated rings. The van der Waals surface area contributed by atoms with Gasteiger partial charge in [0.1, 0.15) is 18.1 Å². The summed E-state index contributed by atoms with van der Waals surface area (Å²) in [4.78, 5) is 29.0. The summed E-state index contributed by atoms with van der Waals surface area (Å²) in [6, 6.07) is 1.53. The van der Waals surface area contributed by atoms with Crippen molar-refractivity contribution >= 4 is 18.2 Å². The number of nitrogens with zero attached hydrogens (tertiary/aromatic N) is 2. The summed E-state index contributed by atoms with van der Waals surface area (Å²) in [5.74, 6) is 0.292. The molecular formula is C9H11N3O3. The van der Waals surface area contributed by atoms with Crippen molar-refractivity contribution in [1.29, 1.82) is 0 Å². The SMILES string of the molecule is CCOC(=O)Cc1nccc(NC=O)n1. The van der Waals surface area contributed by atoms with E-state index < -0.39 is 0 Å². The summed E-state index contributed by atoms with van der Waals surface area (Å²) in [6.07, 6.45) is 1.98. The molecule has 1 rings (SSSR count). The lowest BCUT2D eigenvalue weighted by atomic mass is 10.4. The average Bonchev–Trinajstić information content (AvgIpc) is 2.19. The lowest BCUT2D eigenvalue weighted by molar-refractivity contribution is -0.142. The summed E-state index contributed by atoms with van der Waals surface area (Å²) in [6.45, 7) is 2.05. The van der Waals surface area contributed by atoms with Crippen molar-refractivity contribution in [2.45, 2.75) is 13.3 Å². The normalized spacial score (nSPS) is 9.40. The lowest BCUT2D eigenvalue weighted by Crippen LogP contribution is -2.11. The van der Waals surface area contributed by atoms with Gasteiger partial charge in [-0.1, -0.05) is 0 Å². The molecule has 1 heterocycles. The van der Waals surface area contributed by atoms with Crippen LogP contribution in [0.2, 0.25) is 0 Å². The molecule has 0 aliphatic carbocycles. The van der Waals surface area contributed by atoms with Crippen molar-refractivity contribution < 1.29 is 14.3 Å². The zero-order chi connectivity index (χ0) is 11.1. The van der Waals surface area contributed by atoms with Crippen LogP contribution in [-0.2, 0) is 20.7 Å². The number of ether oxygens (including phenoxy) is 1. The molecule has 0 aromatic carbocycles. The van der Waals surface area contributed by atoms with Crippen molar-refractivity contribution in [2.24, 2.45) is 0 Å². The van der Waals surface area contributed by atoms with Crippen LogP contribution >= 0.6 is 0 Å². The predicted octanol–water partition coefficient (Wildman–Crippen LogP) is 0.150. The van der Waals surface area contributed by atoms with E-state index in [1.807, 2.05) is 0 Å². The molecule has 0 aliphatic rings. The van der Waals surface area contributed by atoms with Crippen LogP contribution in [0.25, 0.3) is 0 Å². The largest absolute Gasteiger partial charge is 0.466 e. The molecule has 0 atom stereocenters. The predicted molar refractivity (Wildman–Crippen MR) is 52.1 cm³/mol. The fraction of sp³-hybridized carbons (Fsp3) is 0.333. The van der Waals surface area contributed by atoms with E-state index in [-0.39, 0.29) is 12.4 Å². The molecule has 0 aliphatic heterocycles. The Morgan fingerprint density at radius 1 is 1.67 bits per heavy atom. The summed E-state index contributed by atoms with van der Waals surface area (Å²) in [5, 5.41) is 2.37. The summed E-state index contributed by atoms with van der Waals surface area (Å²) >= 11 is 0. The summed E-state index contributed by atoms with van der Waals surface area (Å²) < 4.78 is 4.74. The van der Waals surface area contributed by atoms with Crippen LogP contribution < -0.4 is 5.32 Å². The molecule has 6 heteroatoms. The maximum Gasteiger partial charge on any atom is 0.313 e. The van der Waals surface area contributed by atoms with Crippen LogP contribution in [0, 0.1) is 0 Å². The Balaban J connectivity index is 2.64. The maximum atomic E-state index is 11.1. The molecule has 1 amide bonds. The highest BCUT2D eigenvalue weighted by Crippen LogP contribution is 2.01. The number of nitrogens with one attached hydrogen (secondary N) is 1. The number of anilines is 1. The Kier molecular flexibility index (Phi) is 4.21. The highest BCUT2D eigenvalue weighted by molar-refractivity contribution is 5.72. The minimum Gasteiger partial charge on any atom is -0.466 e. The molecule has 0 unspecified atom stereocenters. The quantitative estimate of drug-likeness (QED) is 0.551. The number of carbonyl (C=O) groups excluding carboxylic acids is 2. The van der Waals surface area contributed by atoms with Crippen molar-refractivity contribution in [3.8, 4) is 0 Å². The summed E-state index contributed by atoms with van der Waals surface area (Å²) in [5.41, 5.74) is 0.